The molecular weight excluding hydrogens is 372 g/mol. The molecule has 1 aliphatic rings. The quantitative estimate of drug-likeness (QED) is 0.754. The van der Waals surface area contributed by atoms with Crippen LogP contribution >= 0.6 is 0 Å². The van der Waals surface area contributed by atoms with Gasteiger partial charge >= 0.3 is 5.97 Å². The molecule has 2 aromatic carbocycles. The van der Waals surface area contributed by atoms with Gasteiger partial charge in [-0.05, 0) is 49.2 Å². The Kier molecular flexibility index (Phi) is 6.72. The first-order valence-corrected chi connectivity index (χ1v) is 9.53. The zero-order chi connectivity index (χ0) is 20.8. The van der Waals surface area contributed by atoms with Crippen LogP contribution in [0.2, 0.25) is 0 Å². The Morgan fingerprint density at radius 1 is 1.14 bits per heavy atom. The highest BCUT2D eigenvalue weighted by Crippen LogP contribution is 2.28. The van der Waals surface area contributed by atoms with E-state index in [1.54, 1.807) is 12.1 Å². The van der Waals surface area contributed by atoms with Crippen LogP contribution in [0.15, 0.2) is 36.4 Å². The second kappa shape index (κ2) is 9.43. The molecule has 1 fully saturated rings. The summed E-state index contributed by atoms with van der Waals surface area (Å²) < 4.78 is 15.9. The van der Waals surface area contributed by atoms with E-state index < -0.39 is 5.97 Å². The summed E-state index contributed by atoms with van der Waals surface area (Å²) in [6.07, 6.45) is 0. The van der Waals surface area contributed by atoms with Gasteiger partial charge in [-0.3, -0.25) is 4.79 Å². The van der Waals surface area contributed by atoms with Crippen LogP contribution in [-0.4, -0.2) is 51.9 Å². The molecule has 0 unspecified atom stereocenters. The number of aryl methyl sites for hydroxylation is 1. The van der Waals surface area contributed by atoms with Crippen LogP contribution in [0.3, 0.4) is 0 Å². The summed E-state index contributed by atoms with van der Waals surface area (Å²) in [6.45, 7) is 6.46. The largest absolute Gasteiger partial charge is 0.483 e. The summed E-state index contributed by atoms with van der Waals surface area (Å²) in [7, 11) is 1.33. The number of ether oxygens (including phenoxy) is 3. The molecule has 0 aromatic heterocycles. The normalized spacial score (nSPS) is 13.7. The number of carbonyl (C=O) groups excluding carboxylic acids is 2. The van der Waals surface area contributed by atoms with E-state index in [9.17, 15) is 9.59 Å². The lowest BCUT2D eigenvalue weighted by atomic mass is 10.1. The maximum absolute atomic E-state index is 12.6. The van der Waals surface area contributed by atoms with Gasteiger partial charge in [-0.2, -0.15) is 0 Å². The van der Waals surface area contributed by atoms with Gasteiger partial charge in [0, 0.05) is 13.1 Å². The number of hydrogen-bond donors (Lipinski definition) is 1. The van der Waals surface area contributed by atoms with E-state index in [0.717, 1.165) is 16.8 Å². The lowest BCUT2D eigenvalue weighted by Gasteiger charge is -2.30. The Hall–Kier alpha value is -3.06. The molecule has 1 N–H and O–H groups in total. The zero-order valence-electron chi connectivity index (χ0n) is 17.0. The fourth-order valence-corrected chi connectivity index (χ4v) is 3.17. The molecule has 154 valence electrons. The number of amides is 1. The van der Waals surface area contributed by atoms with Crippen LogP contribution < -0.4 is 15.0 Å². The van der Waals surface area contributed by atoms with E-state index >= 15 is 0 Å². The number of carbonyl (C=O) groups is 2. The first-order chi connectivity index (χ1) is 14.0. The average Bonchev–Trinajstić information content (AvgIpc) is 2.74. The minimum absolute atomic E-state index is 0.130. The van der Waals surface area contributed by atoms with Crippen molar-refractivity contribution < 1.29 is 23.8 Å². The predicted molar refractivity (Wildman–Crippen MR) is 111 cm³/mol. The van der Waals surface area contributed by atoms with Crippen molar-refractivity contribution in [2.45, 2.75) is 13.8 Å². The molecule has 29 heavy (non-hydrogen) atoms. The first kappa shape index (κ1) is 20.7. The molecule has 0 bridgehead atoms. The Morgan fingerprint density at radius 3 is 2.62 bits per heavy atom. The Labute approximate surface area is 170 Å². The van der Waals surface area contributed by atoms with Crippen molar-refractivity contribution in [3.8, 4) is 5.75 Å². The molecule has 0 spiro atoms. The van der Waals surface area contributed by atoms with Crippen molar-refractivity contribution >= 4 is 23.3 Å². The Morgan fingerprint density at radius 2 is 1.90 bits per heavy atom. The van der Waals surface area contributed by atoms with E-state index in [-0.39, 0.29) is 12.5 Å². The smallest absolute Gasteiger partial charge is 0.337 e. The van der Waals surface area contributed by atoms with Crippen molar-refractivity contribution in [3.05, 3.63) is 53.1 Å². The van der Waals surface area contributed by atoms with Crippen LogP contribution in [0.4, 0.5) is 11.4 Å². The molecule has 3 rings (SSSR count). The van der Waals surface area contributed by atoms with Gasteiger partial charge in [0.1, 0.15) is 5.75 Å². The number of esters is 1. The fraction of sp³-hybridized carbons (Fsp3) is 0.364. The van der Waals surface area contributed by atoms with E-state index in [0.29, 0.717) is 43.3 Å². The number of anilines is 2. The van der Waals surface area contributed by atoms with E-state index in [1.165, 1.54) is 7.11 Å². The molecule has 1 aliphatic heterocycles. The predicted octanol–water partition coefficient (Wildman–Crippen LogP) is 2.94. The van der Waals surface area contributed by atoms with E-state index in [2.05, 4.69) is 10.2 Å². The Balaban J connectivity index is 1.76. The van der Waals surface area contributed by atoms with E-state index in [4.69, 9.17) is 14.2 Å². The molecule has 7 heteroatoms. The summed E-state index contributed by atoms with van der Waals surface area (Å²) in [5.41, 5.74) is 3.85. The number of nitrogens with zero attached hydrogens (tertiary/aromatic N) is 1. The molecule has 0 saturated carbocycles. The fourth-order valence-electron chi connectivity index (χ4n) is 3.17. The summed E-state index contributed by atoms with van der Waals surface area (Å²) >= 11 is 0. The SMILES string of the molecule is COC(=O)c1ccc(N2CCOCC2)c(NC(=O)COc2cccc(C)c2C)c1. The topological polar surface area (TPSA) is 77.1 Å². The summed E-state index contributed by atoms with van der Waals surface area (Å²) in [4.78, 5) is 26.6. The number of nitrogens with one attached hydrogen (secondary N) is 1. The summed E-state index contributed by atoms with van der Waals surface area (Å²) in [6, 6.07) is 10.9. The molecule has 1 heterocycles. The van der Waals surface area contributed by atoms with Crippen LogP contribution in [0, 0.1) is 13.8 Å². The second-order valence-electron chi connectivity index (χ2n) is 6.86. The molecule has 7 nitrogen and oxygen atoms in total. The number of methoxy groups -OCH3 is 1. The van der Waals surface area contributed by atoms with Gasteiger partial charge in [-0.25, -0.2) is 4.79 Å². The van der Waals surface area contributed by atoms with Crippen molar-refractivity contribution in [2.24, 2.45) is 0 Å². The molecule has 1 amide bonds. The van der Waals surface area contributed by atoms with Crippen molar-refractivity contribution in [3.63, 3.8) is 0 Å². The first-order valence-electron chi connectivity index (χ1n) is 9.53. The average molecular weight is 398 g/mol. The maximum atomic E-state index is 12.6. The van der Waals surface area contributed by atoms with Crippen molar-refractivity contribution in [2.75, 3.05) is 50.2 Å². The molecular formula is C22H26N2O5. The van der Waals surface area contributed by atoms with Crippen LogP contribution in [-0.2, 0) is 14.3 Å². The zero-order valence-corrected chi connectivity index (χ0v) is 17.0. The van der Waals surface area contributed by atoms with Gasteiger partial charge in [0.05, 0.1) is 37.3 Å². The number of rotatable bonds is 6. The van der Waals surface area contributed by atoms with Crippen molar-refractivity contribution in [1.82, 2.24) is 0 Å². The Bertz CT molecular complexity index is 891. The third-order valence-electron chi connectivity index (χ3n) is 4.96. The summed E-state index contributed by atoms with van der Waals surface area (Å²) in [5.74, 6) is -0.0834. The lowest BCUT2D eigenvalue weighted by Crippen LogP contribution is -2.37. The lowest BCUT2D eigenvalue weighted by molar-refractivity contribution is -0.118. The van der Waals surface area contributed by atoms with Gasteiger partial charge in [0.15, 0.2) is 6.61 Å². The second-order valence-corrected chi connectivity index (χ2v) is 6.86. The number of morpholine rings is 1. The van der Waals surface area contributed by atoms with Gasteiger partial charge in [-0.1, -0.05) is 12.1 Å². The van der Waals surface area contributed by atoms with Crippen LogP contribution in [0.25, 0.3) is 0 Å². The van der Waals surface area contributed by atoms with Crippen molar-refractivity contribution in [1.29, 1.82) is 0 Å². The van der Waals surface area contributed by atoms with Gasteiger partial charge in [0.25, 0.3) is 5.91 Å². The minimum Gasteiger partial charge on any atom is -0.483 e. The molecule has 0 aliphatic carbocycles. The third kappa shape index (κ3) is 5.06. The monoisotopic (exact) mass is 398 g/mol. The third-order valence-corrected chi connectivity index (χ3v) is 4.96. The highest BCUT2D eigenvalue weighted by atomic mass is 16.5. The van der Waals surface area contributed by atoms with Gasteiger partial charge in [-0.15, -0.1) is 0 Å². The van der Waals surface area contributed by atoms with Gasteiger partial charge in [0.2, 0.25) is 0 Å². The summed E-state index contributed by atoms with van der Waals surface area (Å²) in [5, 5.41) is 2.88. The molecule has 1 saturated heterocycles. The maximum Gasteiger partial charge on any atom is 0.337 e. The molecule has 2 aromatic rings. The molecule has 0 radical (unpaired) electrons. The minimum atomic E-state index is -0.458. The molecule has 0 atom stereocenters. The van der Waals surface area contributed by atoms with Gasteiger partial charge < -0.3 is 24.4 Å². The van der Waals surface area contributed by atoms with Crippen LogP contribution in [0.5, 0.6) is 5.75 Å². The number of hydrogen-bond acceptors (Lipinski definition) is 6. The highest BCUT2D eigenvalue weighted by molar-refractivity contribution is 5.98. The highest BCUT2D eigenvalue weighted by Gasteiger charge is 2.19. The standard InChI is InChI=1S/C22H26N2O5/c1-15-5-4-6-20(16(15)2)29-14-21(25)23-18-13-17(22(26)27-3)7-8-19(18)24-9-11-28-12-10-24/h4-8,13H,9-12,14H2,1-3H3,(H,23,25). The van der Waals surface area contributed by atoms with E-state index in [1.807, 2.05) is 38.1 Å². The number of benzene rings is 2. The van der Waals surface area contributed by atoms with Crippen LogP contribution in [0.1, 0.15) is 21.5 Å².